The highest BCUT2D eigenvalue weighted by Crippen LogP contribution is 2.26. The number of nitrogens with zero attached hydrogens (tertiary/aromatic N) is 4. The second-order valence-electron chi connectivity index (χ2n) is 8.24. The quantitative estimate of drug-likeness (QED) is 0.616. The molecule has 0 spiro atoms. The highest BCUT2D eigenvalue weighted by Gasteiger charge is 2.34. The molecule has 1 aromatic carbocycles. The van der Waals surface area contributed by atoms with Crippen molar-refractivity contribution in [2.45, 2.75) is 31.1 Å². The van der Waals surface area contributed by atoms with E-state index >= 15 is 0 Å². The zero-order chi connectivity index (χ0) is 22.7. The van der Waals surface area contributed by atoms with Gasteiger partial charge in [0.1, 0.15) is 0 Å². The molecule has 1 amide bonds. The van der Waals surface area contributed by atoms with Gasteiger partial charge >= 0.3 is 0 Å². The lowest BCUT2D eigenvalue weighted by Crippen LogP contribution is -2.45. The van der Waals surface area contributed by atoms with E-state index in [2.05, 4.69) is 9.88 Å². The lowest BCUT2D eigenvalue weighted by molar-refractivity contribution is -0.136. The normalized spacial score (nSPS) is 19.0. The summed E-state index contributed by atoms with van der Waals surface area (Å²) in [6.45, 7) is 5.14. The lowest BCUT2D eigenvalue weighted by Gasteiger charge is -2.33. The van der Waals surface area contributed by atoms with E-state index in [0.717, 1.165) is 31.2 Å². The second-order valence-corrected chi connectivity index (χ2v) is 11.1. The van der Waals surface area contributed by atoms with Crippen LogP contribution >= 0.6 is 11.3 Å². The van der Waals surface area contributed by atoms with Gasteiger partial charge in [0, 0.05) is 62.3 Å². The van der Waals surface area contributed by atoms with E-state index < -0.39 is 10.0 Å². The summed E-state index contributed by atoms with van der Waals surface area (Å²) >= 11 is 1.61. The highest BCUT2D eigenvalue weighted by molar-refractivity contribution is 7.89. The van der Waals surface area contributed by atoms with Gasteiger partial charge in [0.05, 0.1) is 4.90 Å². The summed E-state index contributed by atoms with van der Waals surface area (Å²) in [7, 11) is -3.63. The fraction of sp³-hybridized carbons (Fsp3) is 0.500. The predicted octanol–water partition coefficient (Wildman–Crippen LogP) is 2.49. The molecular formula is C22H28N4O4S2. The van der Waals surface area contributed by atoms with Crippen LogP contribution in [0.5, 0.6) is 0 Å². The van der Waals surface area contributed by atoms with Crippen molar-refractivity contribution < 1.29 is 18.0 Å². The molecule has 0 atom stereocenters. The Hall–Kier alpha value is -2.30. The summed E-state index contributed by atoms with van der Waals surface area (Å²) in [4.78, 5) is 33.3. The highest BCUT2D eigenvalue weighted by atomic mass is 32.2. The van der Waals surface area contributed by atoms with Crippen molar-refractivity contribution >= 4 is 38.2 Å². The molecule has 2 aliphatic heterocycles. The van der Waals surface area contributed by atoms with Crippen molar-refractivity contribution in [3.8, 4) is 0 Å². The van der Waals surface area contributed by atoms with Crippen LogP contribution in [-0.2, 0) is 14.8 Å². The monoisotopic (exact) mass is 476 g/mol. The van der Waals surface area contributed by atoms with Crippen LogP contribution in [0.4, 0.5) is 5.13 Å². The van der Waals surface area contributed by atoms with Crippen molar-refractivity contribution in [3.05, 3.63) is 41.4 Å². The summed E-state index contributed by atoms with van der Waals surface area (Å²) in [5.41, 5.74) is 0.485. The second kappa shape index (κ2) is 9.68. The van der Waals surface area contributed by atoms with Gasteiger partial charge < -0.3 is 9.80 Å². The number of rotatable bonds is 5. The van der Waals surface area contributed by atoms with Crippen LogP contribution in [0.15, 0.2) is 40.7 Å². The number of sulfonamides is 1. The maximum atomic E-state index is 13.1. The van der Waals surface area contributed by atoms with Crippen LogP contribution in [-0.4, -0.2) is 73.6 Å². The number of aromatic nitrogens is 1. The minimum Gasteiger partial charge on any atom is -0.346 e. The van der Waals surface area contributed by atoms with Crippen molar-refractivity contribution in [2.24, 2.45) is 5.92 Å². The number of anilines is 1. The summed E-state index contributed by atoms with van der Waals surface area (Å²) in [6, 6.07) is 6.04. The lowest BCUT2D eigenvalue weighted by atomic mass is 9.96. The minimum absolute atomic E-state index is 0.100. The van der Waals surface area contributed by atoms with Gasteiger partial charge in [-0.1, -0.05) is 12.1 Å². The average Bonchev–Trinajstić information content (AvgIpc) is 3.23. The van der Waals surface area contributed by atoms with E-state index in [9.17, 15) is 18.0 Å². The molecule has 2 aromatic rings. The van der Waals surface area contributed by atoms with Crippen LogP contribution in [0, 0.1) is 5.92 Å². The van der Waals surface area contributed by atoms with Crippen LogP contribution in [0.25, 0.3) is 0 Å². The molecule has 8 nitrogen and oxygen atoms in total. The first-order chi connectivity index (χ1) is 15.4. The Kier molecular flexibility index (Phi) is 6.92. The number of carbonyl (C=O) groups excluding carboxylic acids is 2. The molecule has 0 N–H and O–H groups in total. The Morgan fingerprint density at radius 3 is 2.34 bits per heavy atom. The fourth-order valence-electron chi connectivity index (χ4n) is 4.31. The Balaban J connectivity index is 1.33. The van der Waals surface area contributed by atoms with E-state index in [1.54, 1.807) is 29.7 Å². The molecular weight excluding hydrogens is 448 g/mol. The SMILES string of the molecule is CC(=O)c1ccc(S(=O)(=O)N2CCC(C(=O)N3CCCN(c4nccs4)CC3)CC2)cc1. The average molecular weight is 477 g/mol. The molecule has 10 heteroatoms. The zero-order valence-electron chi connectivity index (χ0n) is 18.1. The molecule has 1 aromatic heterocycles. The van der Waals surface area contributed by atoms with Crippen LogP contribution in [0.1, 0.15) is 36.5 Å². The fourth-order valence-corrected chi connectivity index (χ4v) is 6.48. The van der Waals surface area contributed by atoms with E-state index in [4.69, 9.17) is 0 Å². The summed E-state index contributed by atoms with van der Waals surface area (Å²) in [5, 5.41) is 2.96. The molecule has 172 valence electrons. The van der Waals surface area contributed by atoms with Gasteiger partial charge in [0.15, 0.2) is 10.9 Å². The number of carbonyl (C=O) groups is 2. The van der Waals surface area contributed by atoms with Crippen molar-refractivity contribution in [2.75, 3.05) is 44.2 Å². The number of ketones is 1. The molecule has 4 rings (SSSR count). The molecule has 0 saturated carbocycles. The van der Waals surface area contributed by atoms with Crippen molar-refractivity contribution in [3.63, 3.8) is 0 Å². The maximum absolute atomic E-state index is 13.1. The standard InChI is InChI=1S/C22H28N4O4S2/c1-17(27)18-3-5-20(6-4-18)32(29,30)26-12-7-19(8-13-26)21(28)24-10-2-11-25(15-14-24)22-23-9-16-31-22/h3-6,9,16,19H,2,7-8,10-15H2,1H3. The molecule has 3 heterocycles. The third-order valence-corrected chi connectivity index (χ3v) is 8.94. The van der Waals surface area contributed by atoms with Gasteiger partial charge in [-0.25, -0.2) is 13.4 Å². The molecule has 0 unspecified atom stereocenters. The molecule has 0 radical (unpaired) electrons. The van der Waals surface area contributed by atoms with Crippen molar-refractivity contribution in [1.29, 1.82) is 0 Å². The van der Waals surface area contributed by atoms with Gasteiger partial charge in [0.25, 0.3) is 0 Å². The summed E-state index contributed by atoms with van der Waals surface area (Å²) in [6.07, 6.45) is 3.74. The summed E-state index contributed by atoms with van der Waals surface area (Å²) in [5.74, 6) is -0.113. The largest absolute Gasteiger partial charge is 0.346 e. The smallest absolute Gasteiger partial charge is 0.243 e. The van der Waals surface area contributed by atoms with Gasteiger partial charge in [-0.05, 0) is 38.3 Å². The van der Waals surface area contributed by atoms with E-state index in [1.165, 1.54) is 23.4 Å². The molecule has 32 heavy (non-hydrogen) atoms. The Labute approximate surface area is 192 Å². The molecule has 2 fully saturated rings. The number of hydrogen-bond acceptors (Lipinski definition) is 7. The van der Waals surface area contributed by atoms with Gasteiger partial charge in [-0.3, -0.25) is 9.59 Å². The first-order valence-electron chi connectivity index (χ1n) is 10.9. The Morgan fingerprint density at radius 2 is 1.72 bits per heavy atom. The van der Waals surface area contributed by atoms with E-state index in [-0.39, 0.29) is 22.5 Å². The third kappa shape index (κ3) is 4.87. The molecule has 2 aliphatic rings. The molecule has 0 aliphatic carbocycles. The third-order valence-electron chi connectivity index (χ3n) is 6.20. The number of benzene rings is 1. The van der Waals surface area contributed by atoms with Crippen LogP contribution in [0.3, 0.4) is 0 Å². The first-order valence-corrected chi connectivity index (χ1v) is 13.2. The number of Topliss-reactive ketones (excluding diaryl/α,β-unsaturated/α-hetero) is 1. The maximum Gasteiger partial charge on any atom is 0.243 e. The van der Waals surface area contributed by atoms with Crippen LogP contribution < -0.4 is 4.90 Å². The Bertz CT molecular complexity index is 1050. The number of piperidine rings is 1. The number of hydrogen-bond donors (Lipinski definition) is 0. The molecule has 2 saturated heterocycles. The van der Waals surface area contributed by atoms with Crippen LogP contribution in [0.2, 0.25) is 0 Å². The van der Waals surface area contributed by atoms with E-state index in [1.807, 2.05) is 10.3 Å². The molecule has 0 bridgehead atoms. The summed E-state index contributed by atoms with van der Waals surface area (Å²) < 4.78 is 27.4. The topological polar surface area (TPSA) is 90.9 Å². The van der Waals surface area contributed by atoms with Gasteiger partial charge in [-0.2, -0.15) is 4.31 Å². The van der Waals surface area contributed by atoms with Gasteiger partial charge in [-0.15, -0.1) is 11.3 Å². The predicted molar refractivity (Wildman–Crippen MR) is 123 cm³/mol. The van der Waals surface area contributed by atoms with E-state index in [0.29, 0.717) is 38.0 Å². The zero-order valence-corrected chi connectivity index (χ0v) is 19.8. The first kappa shape index (κ1) is 22.9. The number of thiazole rings is 1. The number of amides is 1. The van der Waals surface area contributed by atoms with Gasteiger partial charge in [0.2, 0.25) is 15.9 Å². The van der Waals surface area contributed by atoms with Crippen molar-refractivity contribution in [1.82, 2.24) is 14.2 Å². The Morgan fingerprint density at radius 1 is 1.00 bits per heavy atom. The minimum atomic E-state index is -3.63.